The first kappa shape index (κ1) is 22.0. The summed E-state index contributed by atoms with van der Waals surface area (Å²) < 4.78 is 34.2. The van der Waals surface area contributed by atoms with Crippen LogP contribution in [-0.2, 0) is 6.54 Å². The van der Waals surface area contributed by atoms with Gasteiger partial charge >= 0.3 is 0 Å². The maximum atomic E-state index is 14.4. The second kappa shape index (κ2) is 8.02. The Labute approximate surface area is 204 Å². The largest absolute Gasteiger partial charge is 0.455 e. The van der Waals surface area contributed by atoms with Gasteiger partial charge < -0.3 is 15.5 Å². The Morgan fingerprint density at radius 3 is 2.42 bits per heavy atom. The van der Waals surface area contributed by atoms with Crippen LogP contribution >= 0.6 is 0 Å². The molecule has 6 aromatic rings. The third kappa shape index (κ3) is 3.35. The molecule has 36 heavy (non-hydrogen) atoms. The fourth-order valence-corrected chi connectivity index (χ4v) is 4.93. The maximum absolute atomic E-state index is 14.4. The van der Waals surface area contributed by atoms with Crippen LogP contribution in [0.1, 0.15) is 27.2 Å². The van der Waals surface area contributed by atoms with E-state index in [4.69, 9.17) is 10.2 Å². The van der Waals surface area contributed by atoms with E-state index < -0.39 is 11.6 Å². The second-order valence-corrected chi connectivity index (χ2v) is 8.99. The smallest absolute Gasteiger partial charge is 0.251 e. The summed E-state index contributed by atoms with van der Waals surface area (Å²) >= 11 is 0. The molecule has 1 amide bonds. The van der Waals surface area contributed by atoms with E-state index in [0.29, 0.717) is 34.7 Å². The lowest BCUT2D eigenvalue weighted by molar-refractivity contribution is 0.0951. The molecule has 3 aromatic carbocycles. The van der Waals surface area contributed by atoms with Gasteiger partial charge in [0.25, 0.3) is 5.91 Å². The summed E-state index contributed by atoms with van der Waals surface area (Å²) in [6.07, 6.45) is 0. The number of nitrogens with two attached hydrogens (primary N) is 1. The number of aryl methyl sites for hydroxylation is 2. The number of hydrogen-bond donors (Lipinski definition) is 2. The number of fused-ring (bicyclic) bond motifs is 8. The van der Waals surface area contributed by atoms with E-state index in [1.807, 2.05) is 38.1 Å². The summed E-state index contributed by atoms with van der Waals surface area (Å²) in [6.45, 7) is 4.15. The predicted molar refractivity (Wildman–Crippen MR) is 137 cm³/mol. The molecule has 0 atom stereocenters. The van der Waals surface area contributed by atoms with E-state index in [-0.39, 0.29) is 11.5 Å². The van der Waals surface area contributed by atoms with Crippen molar-refractivity contribution in [1.29, 1.82) is 0 Å². The minimum atomic E-state index is -0.887. The van der Waals surface area contributed by atoms with E-state index in [1.165, 1.54) is 6.07 Å². The number of amides is 1. The van der Waals surface area contributed by atoms with Crippen LogP contribution in [0.3, 0.4) is 0 Å². The zero-order chi connectivity index (χ0) is 25.1. The highest BCUT2D eigenvalue weighted by Gasteiger charge is 2.20. The maximum Gasteiger partial charge on any atom is 0.251 e. The lowest BCUT2D eigenvalue weighted by Crippen LogP contribution is -2.24. The van der Waals surface area contributed by atoms with Crippen molar-refractivity contribution < 1.29 is 18.0 Å². The van der Waals surface area contributed by atoms with Gasteiger partial charge in [0.2, 0.25) is 0 Å². The van der Waals surface area contributed by atoms with Gasteiger partial charge in [0.1, 0.15) is 17.0 Å². The fourth-order valence-electron chi connectivity index (χ4n) is 4.93. The highest BCUT2D eigenvalue weighted by atomic mass is 19.2. The Kier molecular flexibility index (Phi) is 4.89. The van der Waals surface area contributed by atoms with E-state index in [2.05, 4.69) is 10.3 Å². The number of halogens is 2. The molecule has 7 heteroatoms. The minimum Gasteiger partial charge on any atom is -0.455 e. The van der Waals surface area contributed by atoms with Crippen LogP contribution in [0.25, 0.3) is 43.8 Å². The van der Waals surface area contributed by atoms with Crippen LogP contribution in [0.15, 0.2) is 65.1 Å². The van der Waals surface area contributed by atoms with Gasteiger partial charge in [-0.15, -0.1) is 0 Å². The number of pyridine rings is 1. The standard InChI is InChI=1S/C29H21F2N3O2/c1-14-10-25(32)34-15(2)23(14)13-33-29(35)17-7-9-20-22(12-17)28-19-8-6-16(11-21(19)27(20)36-28)18-4-3-5-24(30)26(18)31/h3-12H,13H2,1-2H3,(H2,32,34)(H,33,35). The molecular formula is C29H21F2N3O2. The number of nitrogen functional groups attached to an aromatic ring is 1. The summed E-state index contributed by atoms with van der Waals surface area (Å²) in [5.41, 5.74) is 11.1. The van der Waals surface area contributed by atoms with Crippen molar-refractivity contribution in [2.45, 2.75) is 20.4 Å². The third-order valence-electron chi connectivity index (χ3n) is 6.75. The topological polar surface area (TPSA) is 81.1 Å². The molecule has 0 radical (unpaired) electrons. The molecule has 2 bridgehead atoms. The molecule has 0 aliphatic carbocycles. The minimum absolute atomic E-state index is 0.195. The molecule has 0 saturated heterocycles. The number of hydrogen-bond acceptors (Lipinski definition) is 4. The van der Waals surface area contributed by atoms with Crippen LogP contribution in [-0.4, -0.2) is 10.9 Å². The number of aromatic nitrogens is 1. The average molecular weight is 482 g/mol. The van der Waals surface area contributed by atoms with Crippen molar-refractivity contribution in [2.24, 2.45) is 0 Å². The molecule has 6 rings (SSSR count). The van der Waals surface area contributed by atoms with Gasteiger partial charge in [-0.05, 0) is 73.0 Å². The van der Waals surface area contributed by atoms with E-state index in [1.54, 1.807) is 24.3 Å². The van der Waals surface area contributed by atoms with Crippen molar-refractivity contribution in [3.63, 3.8) is 0 Å². The monoisotopic (exact) mass is 481 g/mol. The van der Waals surface area contributed by atoms with Crippen molar-refractivity contribution in [3.8, 4) is 11.1 Å². The van der Waals surface area contributed by atoms with E-state index >= 15 is 0 Å². The molecule has 0 saturated carbocycles. The van der Waals surface area contributed by atoms with Gasteiger partial charge in [-0.25, -0.2) is 13.8 Å². The molecule has 0 spiro atoms. The Morgan fingerprint density at radius 1 is 0.944 bits per heavy atom. The van der Waals surface area contributed by atoms with Crippen LogP contribution < -0.4 is 11.1 Å². The molecule has 3 N–H and O–H groups in total. The summed E-state index contributed by atoms with van der Waals surface area (Å²) in [4.78, 5) is 17.2. The number of carbonyl (C=O) groups is 1. The molecule has 0 aliphatic heterocycles. The SMILES string of the molecule is Cc1cc(N)nc(C)c1CNC(=O)c1ccc2c(c1)c1oc2c2cc(-c3cccc(F)c3F)ccc21. The first-order valence-electron chi connectivity index (χ1n) is 11.5. The predicted octanol–water partition coefficient (Wildman–Crippen LogP) is 6.65. The second-order valence-electron chi connectivity index (χ2n) is 8.99. The zero-order valence-corrected chi connectivity index (χ0v) is 19.6. The Bertz CT molecular complexity index is 1800. The van der Waals surface area contributed by atoms with Gasteiger partial charge in [-0.2, -0.15) is 0 Å². The number of nitrogens with one attached hydrogen (secondary N) is 1. The van der Waals surface area contributed by atoms with E-state index in [9.17, 15) is 13.6 Å². The van der Waals surface area contributed by atoms with E-state index in [0.717, 1.165) is 44.4 Å². The quantitative estimate of drug-likeness (QED) is 0.276. The van der Waals surface area contributed by atoms with Gasteiger partial charge in [0.15, 0.2) is 11.6 Å². The molecule has 3 heterocycles. The molecule has 0 fully saturated rings. The van der Waals surface area contributed by atoms with Crippen LogP contribution in [0.4, 0.5) is 14.6 Å². The third-order valence-corrected chi connectivity index (χ3v) is 6.75. The summed E-state index contributed by atoms with van der Waals surface area (Å²) in [5.74, 6) is -1.52. The van der Waals surface area contributed by atoms with Crippen LogP contribution in [0, 0.1) is 25.5 Å². The Morgan fingerprint density at radius 2 is 1.67 bits per heavy atom. The first-order valence-corrected chi connectivity index (χ1v) is 11.5. The summed E-state index contributed by atoms with van der Waals surface area (Å²) in [6, 6.07) is 16.7. The van der Waals surface area contributed by atoms with Gasteiger partial charge in [0, 0.05) is 44.9 Å². The average Bonchev–Trinajstić information content (AvgIpc) is 3.41. The van der Waals surface area contributed by atoms with Crippen molar-refractivity contribution >= 4 is 44.4 Å². The number of furan rings is 2. The number of nitrogens with zero attached hydrogens (tertiary/aromatic N) is 1. The van der Waals surface area contributed by atoms with Gasteiger partial charge in [0.05, 0.1) is 0 Å². The molecule has 5 nitrogen and oxygen atoms in total. The molecule has 3 aromatic heterocycles. The number of rotatable bonds is 4. The lowest BCUT2D eigenvalue weighted by atomic mass is 9.97. The number of carbonyl (C=O) groups excluding carboxylic acids is 1. The van der Waals surface area contributed by atoms with Gasteiger partial charge in [-0.1, -0.05) is 18.2 Å². The lowest BCUT2D eigenvalue weighted by Gasteiger charge is -2.11. The first-order chi connectivity index (χ1) is 17.3. The summed E-state index contributed by atoms with van der Waals surface area (Å²) in [7, 11) is 0. The van der Waals surface area contributed by atoms with Crippen molar-refractivity contribution in [1.82, 2.24) is 10.3 Å². The van der Waals surface area contributed by atoms with Gasteiger partial charge in [-0.3, -0.25) is 4.79 Å². The molecule has 0 aliphatic rings. The molecule has 178 valence electrons. The Hall–Kier alpha value is -4.52. The number of benzene rings is 4. The molecule has 0 unspecified atom stereocenters. The Balaban J connectivity index is 1.34. The highest BCUT2D eigenvalue weighted by molar-refractivity contribution is 6.26. The number of anilines is 1. The van der Waals surface area contributed by atoms with Crippen molar-refractivity contribution in [2.75, 3.05) is 5.73 Å². The van der Waals surface area contributed by atoms with Crippen LogP contribution in [0.5, 0.6) is 0 Å². The summed E-state index contributed by atoms with van der Waals surface area (Å²) in [5, 5.41) is 6.33. The zero-order valence-electron chi connectivity index (χ0n) is 19.6. The van der Waals surface area contributed by atoms with Crippen molar-refractivity contribution in [3.05, 3.63) is 94.7 Å². The fraction of sp³-hybridized carbons (Fsp3) is 0.103. The highest BCUT2D eigenvalue weighted by Crippen LogP contribution is 2.42. The molecular weight excluding hydrogens is 460 g/mol. The normalized spacial score (nSPS) is 11.7. The van der Waals surface area contributed by atoms with Crippen LogP contribution in [0.2, 0.25) is 0 Å².